The van der Waals surface area contributed by atoms with Crippen LogP contribution in [0.2, 0.25) is 0 Å². The number of esters is 3. The van der Waals surface area contributed by atoms with Crippen molar-refractivity contribution in [3.05, 3.63) is 72.9 Å². The molecule has 0 aromatic carbocycles. The maximum absolute atomic E-state index is 12.7. The van der Waals surface area contributed by atoms with Crippen LogP contribution in [0.25, 0.3) is 0 Å². The third kappa shape index (κ3) is 45.9. The van der Waals surface area contributed by atoms with Gasteiger partial charge in [-0.25, -0.2) is 0 Å². The van der Waals surface area contributed by atoms with Crippen molar-refractivity contribution in [3.8, 4) is 0 Å². The van der Waals surface area contributed by atoms with Crippen molar-refractivity contribution in [2.75, 3.05) is 13.2 Å². The average molecular weight is 837 g/mol. The molecule has 60 heavy (non-hydrogen) atoms. The van der Waals surface area contributed by atoms with E-state index in [0.717, 1.165) is 77.0 Å². The van der Waals surface area contributed by atoms with E-state index in [9.17, 15) is 14.4 Å². The fraction of sp³-hybridized carbons (Fsp3) is 0.722. The predicted molar refractivity (Wildman–Crippen MR) is 256 cm³/mol. The van der Waals surface area contributed by atoms with Crippen LogP contribution < -0.4 is 0 Å². The van der Waals surface area contributed by atoms with Crippen LogP contribution >= 0.6 is 0 Å². The van der Waals surface area contributed by atoms with Gasteiger partial charge in [0.1, 0.15) is 13.2 Å². The first kappa shape index (κ1) is 56.9. The van der Waals surface area contributed by atoms with Gasteiger partial charge in [-0.1, -0.05) is 229 Å². The Morgan fingerprint density at radius 1 is 0.350 bits per heavy atom. The summed E-state index contributed by atoms with van der Waals surface area (Å²) in [5, 5.41) is 0. The molecule has 0 spiro atoms. The summed E-state index contributed by atoms with van der Waals surface area (Å²) in [6.45, 7) is 6.43. The highest BCUT2D eigenvalue weighted by atomic mass is 16.6. The second-order valence-electron chi connectivity index (χ2n) is 16.4. The normalized spacial score (nSPS) is 12.7. The molecular formula is C54H92O6. The lowest BCUT2D eigenvalue weighted by atomic mass is 10.0. The summed E-state index contributed by atoms with van der Waals surface area (Å²) in [7, 11) is 0. The smallest absolute Gasteiger partial charge is 0.306 e. The van der Waals surface area contributed by atoms with E-state index >= 15 is 0 Å². The van der Waals surface area contributed by atoms with Gasteiger partial charge in [-0.05, 0) is 57.8 Å². The molecule has 0 aliphatic heterocycles. The SMILES string of the molecule is CC/C=C\C/C=C\C/C=C\C/C=C\C/C=C\C/C=C\CCC(=O)OCC(COC(=O)CCCCCCCCCC)OC(=O)CCCCCCCCCCCCCCCCC. The molecule has 6 nitrogen and oxygen atoms in total. The van der Waals surface area contributed by atoms with E-state index in [1.54, 1.807) is 0 Å². The molecule has 0 heterocycles. The van der Waals surface area contributed by atoms with Gasteiger partial charge in [-0.3, -0.25) is 14.4 Å². The van der Waals surface area contributed by atoms with E-state index in [2.05, 4.69) is 87.6 Å². The van der Waals surface area contributed by atoms with Gasteiger partial charge >= 0.3 is 17.9 Å². The number of carbonyl (C=O) groups is 3. The number of rotatable bonds is 44. The van der Waals surface area contributed by atoms with Crippen LogP contribution in [0.15, 0.2) is 72.9 Å². The highest BCUT2D eigenvalue weighted by molar-refractivity contribution is 5.71. The van der Waals surface area contributed by atoms with E-state index < -0.39 is 6.10 Å². The minimum Gasteiger partial charge on any atom is -0.462 e. The van der Waals surface area contributed by atoms with Gasteiger partial charge in [0.05, 0.1) is 0 Å². The van der Waals surface area contributed by atoms with E-state index in [1.807, 2.05) is 6.08 Å². The Kier molecular flexibility index (Phi) is 46.0. The predicted octanol–water partition coefficient (Wildman–Crippen LogP) is 16.3. The van der Waals surface area contributed by atoms with Gasteiger partial charge in [-0.15, -0.1) is 0 Å². The summed E-state index contributed by atoms with van der Waals surface area (Å²) in [4.78, 5) is 37.8. The van der Waals surface area contributed by atoms with Gasteiger partial charge in [0.15, 0.2) is 6.10 Å². The molecule has 0 saturated carbocycles. The number of hydrogen-bond acceptors (Lipinski definition) is 6. The quantitative estimate of drug-likeness (QED) is 0.0263. The molecule has 0 N–H and O–H groups in total. The lowest BCUT2D eigenvalue weighted by Gasteiger charge is -2.18. The Hall–Kier alpha value is -3.15. The number of carbonyl (C=O) groups excluding carboxylic acids is 3. The Labute approximate surface area is 370 Å². The average Bonchev–Trinajstić information content (AvgIpc) is 3.24. The number of hydrogen-bond donors (Lipinski definition) is 0. The Balaban J connectivity index is 4.42. The van der Waals surface area contributed by atoms with E-state index in [4.69, 9.17) is 14.2 Å². The van der Waals surface area contributed by atoms with Crippen LogP contribution in [0.1, 0.15) is 233 Å². The molecule has 0 radical (unpaired) electrons. The van der Waals surface area contributed by atoms with Gasteiger partial charge in [0.25, 0.3) is 0 Å². The zero-order valence-corrected chi connectivity index (χ0v) is 39.2. The van der Waals surface area contributed by atoms with E-state index in [1.165, 1.54) is 109 Å². The number of allylic oxidation sites excluding steroid dienone is 12. The molecule has 1 unspecified atom stereocenters. The fourth-order valence-corrected chi connectivity index (χ4v) is 6.76. The Morgan fingerprint density at radius 3 is 1.02 bits per heavy atom. The largest absolute Gasteiger partial charge is 0.462 e. The first-order valence-electron chi connectivity index (χ1n) is 24.9. The summed E-state index contributed by atoms with van der Waals surface area (Å²) >= 11 is 0. The van der Waals surface area contributed by atoms with Crippen molar-refractivity contribution in [3.63, 3.8) is 0 Å². The molecular weight excluding hydrogens is 745 g/mol. The van der Waals surface area contributed by atoms with Crippen molar-refractivity contribution in [2.45, 2.75) is 239 Å². The summed E-state index contributed by atoms with van der Waals surface area (Å²) in [6, 6.07) is 0. The van der Waals surface area contributed by atoms with Crippen LogP contribution in [-0.2, 0) is 28.6 Å². The molecule has 0 saturated heterocycles. The first-order valence-corrected chi connectivity index (χ1v) is 24.9. The highest BCUT2D eigenvalue weighted by Crippen LogP contribution is 2.15. The van der Waals surface area contributed by atoms with Crippen molar-refractivity contribution >= 4 is 17.9 Å². The van der Waals surface area contributed by atoms with Crippen molar-refractivity contribution in [1.29, 1.82) is 0 Å². The standard InChI is InChI=1S/C54H92O6/c1-4-7-10-13-16-19-21-23-25-26-27-28-30-31-33-35-38-41-44-47-53(56)59-50-51(49-58-52(55)46-43-40-37-18-15-12-9-6-3)60-54(57)48-45-42-39-36-34-32-29-24-22-20-17-14-11-8-5-2/h7,10,16,19,23,25,27-28,31,33,38,41,51H,4-6,8-9,11-15,17-18,20-22,24,26,29-30,32,34-37,39-40,42-50H2,1-3H3/b10-7-,19-16-,25-23-,28-27-,33-31-,41-38-. The van der Waals surface area contributed by atoms with Crippen molar-refractivity contribution in [1.82, 2.24) is 0 Å². The third-order valence-electron chi connectivity index (χ3n) is 10.5. The zero-order chi connectivity index (χ0) is 43.7. The molecule has 1 atom stereocenters. The zero-order valence-electron chi connectivity index (χ0n) is 39.2. The van der Waals surface area contributed by atoms with Crippen molar-refractivity contribution < 1.29 is 28.6 Å². The molecule has 0 aliphatic rings. The van der Waals surface area contributed by atoms with Crippen LogP contribution in [0, 0.1) is 0 Å². The topological polar surface area (TPSA) is 78.9 Å². The molecule has 344 valence electrons. The summed E-state index contributed by atoms with van der Waals surface area (Å²) < 4.78 is 16.7. The molecule has 0 aromatic heterocycles. The first-order chi connectivity index (χ1) is 29.5. The van der Waals surface area contributed by atoms with Gasteiger partial charge in [0.2, 0.25) is 0 Å². The molecule has 0 aliphatic carbocycles. The van der Waals surface area contributed by atoms with Gasteiger partial charge in [0, 0.05) is 19.3 Å². The Bertz CT molecular complexity index is 1140. The van der Waals surface area contributed by atoms with Crippen LogP contribution in [0.4, 0.5) is 0 Å². The molecule has 6 heteroatoms. The summed E-state index contributed by atoms with van der Waals surface area (Å²) in [6.07, 6.45) is 60.5. The summed E-state index contributed by atoms with van der Waals surface area (Å²) in [5.74, 6) is -0.987. The van der Waals surface area contributed by atoms with Crippen LogP contribution in [0.5, 0.6) is 0 Å². The molecule has 0 amide bonds. The van der Waals surface area contributed by atoms with Crippen molar-refractivity contribution in [2.24, 2.45) is 0 Å². The monoisotopic (exact) mass is 837 g/mol. The number of ether oxygens (including phenoxy) is 3. The van der Waals surface area contributed by atoms with Crippen LogP contribution in [0.3, 0.4) is 0 Å². The molecule has 0 bridgehead atoms. The highest BCUT2D eigenvalue weighted by Gasteiger charge is 2.19. The van der Waals surface area contributed by atoms with Gasteiger partial charge in [-0.2, -0.15) is 0 Å². The minimum absolute atomic E-state index is 0.0964. The molecule has 0 aromatic rings. The van der Waals surface area contributed by atoms with E-state index in [-0.39, 0.29) is 37.5 Å². The lowest BCUT2D eigenvalue weighted by molar-refractivity contribution is -0.166. The minimum atomic E-state index is -0.800. The maximum atomic E-state index is 12.7. The lowest BCUT2D eigenvalue weighted by Crippen LogP contribution is -2.30. The summed E-state index contributed by atoms with van der Waals surface area (Å²) in [5.41, 5.74) is 0. The molecule has 0 rings (SSSR count). The third-order valence-corrected chi connectivity index (χ3v) is 10.5. The molecule has 0 fully saturated rings. The second-order valence-corrected chi connectivity index (χ2v) is 16.4. The van der Waals surface area contributed by atoms with Crippen LogP contribution in [-0.4, -0.2) is 37.2 Å². The van der Waals surface area contributed by atoms with Gasteiger partial charge < -0.3 is 14.2 Å². The second kappa shape index (κ2) is 48.5. The number of unbranched alkanes of at least 4 members (excludes halogenated alkanes) is 21. The fourth-order valence-electron chi connectivity index (χ4n) is 6.76. The Morgan fingerprint density at radius 2 is 0.650 bits per heavy atom. The van der Waals surface area contributed by atoms with E-state index in [0.29, 0.717) is 19.3 Å². The maximum Gasteiger partial charge on any atom is 0.306 e.